The topological polar surface area (TPSA) is 58.4 Å². The van der Waals surface area contributed by atoms with E-state index in [1.54, 1.807) is 24.1 Å². The van der Waals surface area contributed by atoms with Crippen molar-refractivity contribution in [3.63, 3.8) is 0 Å². The van der Waals surface area contributed by atoms with Crippen LogP contribution in [-0.4, -0.2) is 17.9 Å². The van der Waals surface area contributed by atoms with E-state index in [9.17, 15) is 4.79 Å². The lowest BCUT2D eigenvalue weighted by Crippen LogP contribution is -2.27. The minimum Gasteiger partial charge on any atom is -0.337 e. The molecule has 0 aromatic heterocycles. The Kier molecular flexibility index (Phi) is 4.38. The first-order chi connectivity index (χ1) is 9.61. The van der Waals surface area contributed by atoms with Crippen LogP contribution in [0.2, 0.25) is 0 Å². The number of benzene rings is 2. The van der Waals surface area contributed by atoms with Crippen molar-refractivity contribution in [2.75, 3.05) is 12.5 Å². The number of carbonyl (C=O) groups is 1. The molecule has 2 rings (SSSR count). The summed E-state index contributed by atoms with van der Waals surface area (Å²) < 4.78 is 0. The number of anilines is 1. The summed E-state index contributed by atoms with van der Waals surface area (Å²) in [6.07, 6.45) is 0. The fourth-order valence-electron chi connectivity index (χ4n) is 2.16. The van der Waals surface area contributed by atoms with Crippen LogP contribution in [0.25, 0.3) is 0 Å². The molecular weight excluding hydrogens is 250 g/mol. The summed E-state index contributed by atoms with van der Waals surface area (Å²) in [6, 6.07) is 15.4. The Balaban J connectivity index is 2.16. The first-order valence-corrected chi connectivity index (χ1v) is 6.48. The third kappa shape index (κ3) is 3.16. The molecule has 0 aliphatic rings. The van der Waals surface area contributed by atoms with Crippen LogP contribution in [0.3, 0.4) is 0 Å². The van der Waals surface area contributed by atoms with Gasteiger partial charge in [-0.1, -0.05) is 42.0 Å². The first kappa shape index (κ1) is 14.1. The fraction of sp³-hybridized carbons (Fsp3) is 0.188. The minimum absolute atomic E-state index is 0.0555. The molecule has 0 heterocycles. The molecular formula is C16H19N3O. The van der Waals surface area contributed by atoms with E-state index in [2.05, 4.69) is 11.5 Å². The molecule has 0 fully saturated rings. The van der Waals surface area contributed by atoms with E-state index >= 15 is 0 Å². The van der Waals surface area contributed by atoms with Crippen molar-refractivity contribution < 1.29 is 4.79 Å². The molecule has 0 saturated carbocycles. The molecule has 0 saturated heterocycles. The zero-order chi connectivity index (χ0) is 14.5. The van der Waals surface area contributed by atoms with Gasteiger partial charge in [-0.15, -0.1) is 0 Å². The van der Waals surface area contributed by atoms with Gasteiger partial charge in [0, 0.05) is 13.6 Å². The smallest absolute Gasteiger partial charge is 0.256 e. The van der Waals surface area contributed by atoms with Crippen LogP contribution in [0.4, 0.5) is 5.69 Å². The number of hydrogen-bond acceptors (Lipinski definition) is 3. The quantitative estimate of drug-likeness (QED) is 0.662. The maximum Gasteiger partial charge on any atom is 0.256 e. The van der Waals surface area contributed by atoms with Gasteiger partial charge in [0.15, 0.2) is 0 Å². The van der Waals surface area contributed by atoms with E-state index < -0.39 is 0 Å². The van der Waals surface area contributed by atoms with Gasteiger partial charge in [-0.25, -0.2) is 0 Å². The van der Waals surface area contributed by atoms with Crippen LogP contribution in [0.5, 0.6) is 0 Å². The summed E-state index contributed by atoms with van der Waals surface area (Å²) in [7, 11) is 1.79. The van der Waals surface area contributed by atoms with Gasteiger partial charge in [-0.2, -0.15) is 0 Å². The van der Waals surface area contributed by atoms with Gasteiger partial charge in [0.05, 0.1) is 11.3 Å². The van der Waals surface area contributed by atoms with Gasteiger partial charge in [0.2, 0.25) is 0 Å². The molecule has 0 aliphatic heterocycles. The van der Waals surface area contributed by atoms with E-state index in [4.69, 9.17) is 5.84 Å². The first-order valence-electron chi connectivity index (χ1n) is 6.48. The number of nitrogens with zero attached hydrogens (tertiary/aromatic N) is 1. The van der Waals surface area contributed by atoms with Crippen LogP contribution in [0.15, 0.2) is 48.5 Å². The second-order valence-corrected chi connectivity index (χ2v) is 4.84. The number of nitrogen functional groups attached to an aromatic ring is 1. The number of hydrogen-bond donors (Lipinski definition) is 2. The molecule has 0 spiro atoms. The van der Waals surface area contributed by atoms with Crippen LogP contribution >= 0.6 is 0 Å². The number of hydrazine groups is 1. The van der Waals surface area contributed by atoms with E-state index in [1.807, 2.05) is 37.3 Å². The Morgan fingerprint density at radius 2 is 1.95 bits per heavy atom. The number of nitrogens with one attached hydrogen (secondary N) is 1. The molecule has 3 N–H and O–H groups in total. The van der Waals surface area contributed by atoms with Crippen molar-refractivity contribution in [2.24, 2.45) is 5.84 Å². The van der Waals surface area contributed by atoms with Crippen molar-refractivity contribution in [1.29, 1.82) is 0 Å². The number of rotatable bonds is 4. The third-order valence-corrected chi connectivity index (χ3v) is 3.16. The van der Waals surface area contributed by atoms with Crippen molar-refractivity contribution in [1.82, 2.24) is 4.90 Å². The second kappa shape index (κ2) is 6.21. The van der Waals surface area contributed by atoms with Crippen LogP contribution in [-0.2, 0) is 6.54 Å². The summed E-state index contributed by atoms with van der Waals surface area (Å²) in [5, 5.41) is 0. The molecule has 0 bridgehead atoms. The Hall–Kier alpha value is -2.33. The molecule has 0 radical (unpaired) electrons. The monoisotopic (exact) mass is 269 g/mol. The zero-order valence-electron chi connectivity index (χ0n) is 11.8. The zero-order valence-corrected chi connectivity index (χ0v) is 11.8. The van der Waals surface area contributed by atoms with Crippen molar-refractivity contribution in [2.45, 2.75) is 13.5 Å². The molecule has 20 heavy (non-hydrogen) atoms. The minimum atomic E-state index is -0.0555. The van der Waals surface area contributed by atoms with Gasteiger partial charge in [0.25, 0.3) is 5.91 Å². The Morgan fingerprint density at radius 1 is 1.20 bits per heavy atom. The fourth-order valence-corrected chi connectivity index (χ4v) is 2.16. The maximum atomic E-state index is 12.4. The van der Waals surface area contributed by atoms with E-state index in [0.29, 0.717) is 17.8 Å². The summed E-state index contributed by atoms with van der Waals surface area (Å²) >= 11 is 0. The average molecular weight is 269 g/mol. The number of nitrogens with two attached hydrogens (primary N) is 1. The van der Waals surface area contributed by atoms with E-state index in [0.717, 1.165) is 5.56 Å². The highest BCUT2D eigenvalue weighted by Crippen LogP contribution is 2.17. The molecule has 1 amide bonds. The number of carbonyl (C=O) groups excluding carboxylic acids is 1. The maximum absolute atomic E-state index is 12.4. The standard InChI is InChI=1S/C16H19N3O/c1-12-6-5-7-13(10-12)11-19(2)16(20)14-8-3-4-9-15(14)18-17/h3-10,18H,11,17H2,1-2H3. The predicted molar refractivity (Wildman–Crippen MR) is 81.2 cm³/mol. The molecule has 0 unspecified atom stereocenters. The van der Waals surface area contributed by atoms with Gasteiger partial charge in [-0.3, -0.25) is 10.6 Å². The highest BCUT2D eigenvalue weighted by Gasteiger charge is 2.15. The lowest BCUT2D eigenvalue weighted by Gasteiger charge is -2.19. The molecule has 4 nitrogen and oxygen atoms in total. The van der Waals surface area contributed by atoms with Crippen molar-refractivity contribution >= 4 is 11.6 Å². The highest BCUT2D eigenvalue weighted by molar-refractivity contribution is 5.99. The normalized spacial score (nSPS) is 10.2. The van der Waals surface area contributed by atoms with Crippen molar-refractivity contribution in [3.05, 3.63) is 65.2 Å². The average Bonchev–Trinajstić information content (AvgIpc) is 2.46. The lowest BCUT2D eigenvalue weighted by atomic mass is 10.1. The Labute approximate surface area is 119 Å². The number of aryl methyl sites for hydroxylation is 1. The van der Waals surface area contributed by atoms with Gasteiger partial charge in [-0.05, 0) is 24.6 Å². The molecule has 4 heteroatoms. The van der Waals surface area contributed by atoms with Crippen LogP contribution in [0.1, 0.15) is 21.5 Å². The lowest BCUT2D eigenvalue weighted by molar-refractivity contribution is 0.0786. The molecule has 104 valence electrons. The van der Waals surface area contributed by atoms with Gasteiger partial charge < -0.3 is 10.3 Å². The summed E-state index contributed by atoms with van der Waals surface area (Å²) in [5.41, 5.74) is 6.06. The SMILES string of the molecule is Cc1cccc(CN(C)C(=O)c2ccccc2NN)c1. The largest absolute Gasteiger partial charge is 0.337 e. The van der Waals surface area contributed by atoms with Gasteiger partial charge in [0.1, 0.15) is 0 Å². The Morgan fingerprint density at radius 3 is 2.65 bits per heavy atom. The summed E-state index contributed by atoms with van der Waals surface area (Å²) in [4.78, 5) is 14.1. The Bertz CT molecular complexity index is 610. The third-order valence-electron chi connectivity index (χ3n) is 3.16. The predicted octanol–water partition coefficient (Wildman–Crippen LogP) is 2.55. The summed E-state index contributed by atoms with van der Waals surface area (Å²) in [6.45, 7) is 2.61. The van der Waals surface area contributed by atoms with Crippen molar-refractivity contribution in [3.8, 4) is 0 Å². The number of para-hydroxylation sites is 1. The molecule has 0 aliphatic carbocycles. The van der Waals surface area contributed by atoms with Crippen LogP contribution in [0, 0.1) is 6.92 Å². The van der Waals surface area contributed by atoms with Crippen LogP contribution < -0.4 is 11.3 Å². The molecule has 2 aromatic rings. The van der Waals surface area contributed by atoms with Gasteiger partial charge >= 0.3 is 0 Å². The number of amides is 1. The molecule has 2 aromatic carbocycles. The second-order valence-electron chi connectivity index (χ2n) is 4.84. The highest BCUT2D eigenvalue weighted by atomic mass is 16.2. The van der Waals surface area contributed by atoms with E-state index in [-0.39, 0.29) is 5.91 Å². The molecule has 0 atom stereocenters. The summed E-state index contributed by atoms with van der Waals surface area (Å²) in [5.74, 6) is 5.38. The van der Waals surface area contributed by atoms with E-state index in [1.165, 1.54) is 5.56 Å².